The predicted molar refractivity (Wildman–Crippen MR) is 82.4 cm³/mol. The van der Waals surface area contributed by atoms with Gasteiger partial charge in [-0.25, -0.2) is 0 Å². The van der Waals surface area contributed by atoms with Crippen molar-refractivity contribution in [1.82, 2.24) is 4.90 Å². The number of nitro groups is 1. The Balaban J connectivity index is 2.14. The lowest BCUT2D eigenvalue weighted by Crippen LogP contribution is -2.31. The number of aliphatic hydroxyl groups is 1. The second-order valence-electron chi connectivity index (χ2n) is 5.48. The lowest BCUT2D eigenvalue weighted by molar-refractivity contribution is -0.384. The van der Waals surface area contributed by atoms with E-state index in [1.54, 1.807) is 6.07 Å². The van der Waals surface area contributed by atoms with Crippen LogP contribution in [0.4, 0.5) is 11.4 Å². The van der Waals surface area contributed by atoms with Gasteiger partial charge in [0.15, 0.2) is 0 Å². The average molecular weight is 293 g/mol. The van der Waals surface area contributed by atoms with Gasteiger partial charge in [-0.2, -0.15) is 0 Å². The molecule has 1 unspecified atom stereocenters. The number of rotatable bonds is 7. The molecule has 0 radical (unpaired) electrons. The van der Waals surface area contributed by atoms with Crippen molar-refractivity contribution in [3.8, 4) is 0 Å². The molecule has 1 atom stereocenters. The predicted octanol–water partition coefficient (Wildman–Crippen LogP) is 2.37. The molecule has 2 N–H and O–H groups in total. The fourth-order valence-corrected chi connectivity index (χ4v) is 2.79. The summed E-state index contributed by atoms with van der Waals surface area (Å²) in [5.41, 5.74) is 1.74. The third kappa shape index (κ3) is 3.92. The molecule has 0 saturated carbocycles. The molecule has 6 heteroatoms. The summed E-state index contributed by atoms with van der Waals surface area (Å²) in [5.74, 6) is 0. The molecule has 21 heavy (non-hydrogen) atoms. The number of likely N-dealkylation sites (tertiary alicyclic amines) is 1. The van der Waals surface area contributed by atoms with Gasteiger partial charge in [-0.3, -0.25) is 15.0 Å². The molecule has 0 amide bonds. The standard InChI is InChI=1S/C15H23N3O3/c1-2-7-16-14-9-12(5-6-15(14)18(20)21)10-17-8-3-4-13(17)11-19/h5-6,9,13,16,19H,2-4,7-8,10-11H2,1H3. The largest absolute Gasteiger partial charge is 0.395 e. The fraction of sp³-hybridized carbons (Fsp3) is 0.600. The van der Waals surface area contributed by atoms with Crippen molar-refractivity contribution >= 4 is 11.4 Å². The van der Waals surface area contributed by atoms with E-state index >= 15 is 0 Å². The topological polar surface area (TPSA) is 78.6 Å². The third-order valence-corrected chi connectivity index (χ3v) is 3.92. The molecule has 6 nitrogen and oxygen atoms in total. The van der Waals surface area contributed by atoms with Crippen molar-refractivity contribution in [3.63, 3.8) is 0 Å². The smallest absolute Gasteiger partial charge is 0.292 e. The average Bonchev–Trinajstić information content (AvgIpc) is 2.92. The molecule has 116 valence electrons. The minimum Gasteiger partial charge on any atom is -0.395 e. The number of nitrogens with one attached hydrogen (secondary N) is 1. The number of anilines is 1. The highest BCUT2D eigenvalue weighted by Crippen LogP contribution is 2.27. The summed E-state index contributed by atoms with van der Waals surface area (Å²) in [6.07, 6.45) is 3.03. The summed E-state index contributed by atoms with van der Waals surface area (Å²) < 4.78 is 0. The number of aliphatic hydroxyl groups excluding tert-OH is 1. The molecule has 0 spiro atoms. The van der Waals surface area contributed by atoms with Gasteiger partial charge in [-0.15, -0.1) is 0 Å². The Labute approximate surface area is 124 Å². The maximum atomic E-state index is 11.1. The Hall–Kier alpha value is -1.66. The van der Waals surface area contributed by atoms with E-state index in [1.807, 2.05) is 19.1 Å². The van der Waals surface area contributed by atoms with Gasteiger partial charge in [0.25, 0.3) is 5.69 Å². The minimum absolute atomic E-state index is 0.118. The molecule has 1 aromatic rings. The monoisotopic (exact) mass is 293 g/mol. The maximum Gasteiger partial charge on any atom is 0.292 e. The van der Waals surface area contributed by atoms with Gasteiger partial charge in [0.05, 0.1) is 11.5 Å². The van der Waals surface area contributed by atoms with Crippen molar-refractivity contribution < 1.29 is 10.0 Å². The van der Waals surface area contributed by atoms with Gasteiger partial charge >= 0.3 is 0 Å². The van der Waals surface area contributed by atoms with E-state index in [2.05, 4.69) is 10.2 Å². The molecule has 0 aliphatic carbocycles. The van der Waals surface area contributed by atoms with Crippen LogP contribution in [-0.4, -0.2) is 40.7 Å². The van der Waals surface area contributed by atoms with E-state index in [0.29, 0.717) is 12.2 Å². The van der Waals surface area contributed by atoms with E-state index < -0.39 is 0 Å². The Morgan fingerprint density at radius 3 is 3.00 bits per heavy atom. The minimum atomic E-state index is -0.353. The van der Waals surface area contributed by atoms with Crippen LogP contribution in [0.15, 0.2) is 18.2 Å². The van der Waals surface area contributed by atoms with Gasteiger partial charge < -0.3 is 10.4 Å². The molecule has 0 bridgehead atoms. The van der Waals surface area contributed by atoms with Gasteiger partial charge in [0, 0.05) is 25.2 Å². The van der Waals surface area contributed by atoms with Crippen molar-refractivity contribution in [2.24, 2.45) is 0 Å². The maximum absolute atomic E-state index is 11.1. The van der Waals surface area contributed by atoms with Gasteiger partial charge in [0.1, 0.15) is 5.69 Å². The van der Waals surface area contributed by atoms with E-state index in [-0.39, 0.29) is 23.3 Å². The van der Waals surface area contributed by atoms with E-state index in [1.165, 1.54) is 0 Å². The lowest BCUT2D eigenvalue weighted by Gasteiger charge is -2.22. The number of hydrogen-bond acceptors (Lipinski definition) is 5. The van der Waals surface area contributed by atoms with E-state index in [0.717, 1.165) is 37.9 Å². The van der Waals surface area contributed by atoms with Crippen molar-refractivity contribution in [2.45, 2.75) is 38.8 Å². The molecular weight excluding hydrogens is 270 g/mol. The normalized spacial score (nSPS) is 18.9. The molecule has 1 fully saturated rings. The van der Waals surface area contributed by atoms with Crippen LogP contribution in [0.1, 0.15) is 31.7 Å². The van der Waals surface area contributed by atoms with Crippen LogP contribution in [0.25, 0.3) is 0 Å². The zero-order chi connectivity index (χ0) is 15.2. The summed E-state index contributed by atoms with van der Waals surface area (Å²) in [5, 5.41) is 23.5. The molecule has 1 saturated heterocycles. The van der Waals surface area contributed by atoms with Crippen LogP contribution in [0.2, 0.25) is 0 Å². The second-order valence-corrected chi connectivity index (χ2v) is 5.48. The van der Waals surface area contributed by atoms with Crippen molar-refractivity contribution in [3.05, 3.63) is 33.9 Å². The first-order chi connectivity index (χ1) is 10.2. The molecule has 1 aromatic carbocycles. The van der Waals surface area contributed by atoms with Gasteiger partial charge in [0.2, 0.25) is 0 Å². The Morgan fingerprint density at radius 1 is 1.52 bits per heavy atom. The Morgan fingerprint density at radius 2 is 2.33 bits per heavy atom. The first-order valence-corrected chi connectivity index (χ1v) is 7.51. The summed E-state index contributed by atoms with van der Waals surface area (Å²) >= 11 is 0. The summed E-state index contributed by atoms with van der Waals surface area (Å²) in [6, 6.07) is 5.45. The number of hydrogen-bond donors (Lipinski definition) is 2. The molecule has 1 aliphatic heterocycles. The third-order valence-electron chi connectivity index (χ3n) is 3.92. The molecule has 0 aromatic heterocycles. The number of nitro benzene ring substituents is 1. The molecule has 1 aliphatic rings. The van der Waals surface area contributed by atoms with Crippen molar-refractivity contribution in [2.75, 3.05) is 25.0 Å². The van der Waals surface area contributed by atoms with E-state index in [4.69, 9.17) is 0 Å². The van der Waals surface area contributed by atoms with Crippen LogP contribution in [0.5, 0.6) is 0 Å². The fourth-order valence-electron chi connectivity index (χ4n) is 2.79. The number of nitrogens with zero attached hydrogens (tertiary/aromatic N) is 2. The summed E-state index contributed by atoms with van der Waals surface area (Å²) in [7, 11) is 0. The molecular formula is C15H23N3O3. The summed E-state index contributed by atoms with van der Waals surface area (Å²) in [4.78, 5) is 12.9. The zero-order valence-electron chi connectivity index (χ0n) is 12.4. The first-order valence-electron chi connectivity index (χ1n) is 7.51. The molecule has 2 rings (SSSR count). The Kier molecular flexibility index (Phi) is 5.52. The zero-order valence-corrected chi connectivity index (χ0v) is 12.4. The SMILES string of the molecule is CCCNc1cc(CN2CCCC2CO)ccc1[N+](=O)[O-]. The molecule has 1 heterocycles. The van der Waals surface area contributed by atoms with Crippen molar-refractivity contribution in [1.29, 1.82) is 0 Å². The summed E-state index contributed by atoms with van der Waals surface area (Å²) in [6.45, 7) is 4.61. The highest BCUT2D eigenvalue weighted by Gasteiger charge is 2.24. The van der Waals surface area contributed by atoms with Gasteiger partial charge in [-0.05, 0) is 37.4 Å². The quantitative estimate of drug-likeness (QED) is 0.596. The van der Waals surface area contributed by atoms with Crippen LogP contribution < -0.4 is 5.32 Å². The van der Waals surface area contributed by atoms with Crippen LogP contribution in [0, 0.1) is 10.1 Å². The van der Waals surface area contributed by atoms with Gasteiger partial charge in [-0.1, -0.05) is 13.0 Å². The highest BCUT2D eigenvalue weighted by atomic mass is 16.6. The first kappa shape index (κ1) is 15.7. The Bertz CT molecular complexity index is 493. The number of benzene rings is 1. The highest BCUT2D eigenvalue weighted by molar-refractivity contribution is 5.62. The van der Waals surface area contributed by atoms with Crippen LogP contribution in [-0.2, 0) is 6.54 Å². The second kappa shape index (κ2) is 7.38. The van der Waals surface area contributed by atoms with Crippen LogP contribution in [0.3, 0.4) is 0 Å². The van der Waals surface area contributed by atoms with Crippen LogP contribution >= 0.6 is 0 Å². The van der Waals surface area contributed by atoms with E-state index in [9.17, 15) is 15.2 Å². The lowest BCUT2D eigenvalue weighted by atomic mass is 10.1.